The van der Waals surface area contributed by atoms with Crippen molar-refractivity contribution in [1.29, 1.82) is 0 Å². The summed E-state index contributed by atoms with van der Waals surface area (Å²) >= 11 is 0. The summed E-state index contributed by atoms with van der Waals surface area (Å²) in [7, 11) is 7.22. The predicted molar refractivity (Wildman–Crippen MR) is 137 cm³/mol. The van der Waals surface area contributed by atoms with Gasteiger partial charge in [0.25, 0.3) is 0 Å². The van der Waals surface area contributed by atoms with E-state index in [-0.39, 0.29) is 12.4 Å². The van der Waals surface area contributed by atoms with E-state index >= 15 is 0 Å². The first kappa shape index (κ1) is 34.5. The minimum absolute atomic E-state index is 0. The van der Waals surface area contributed by atoms with Crippen molar-refractivity contribution >= 4 is 8.80 Å². The Morgan fingerprint density at radius 2 is 0.906 bits per heavy atom. The molecule has 0 heterocycles. The second-order valence-corrected chi connectivity index (χ2v) is 13.1. The van der Waals surface area contributed by atoms with Gasteiger partial charge in [-0.3, -0.25) is 0 Å². The highest BCUT2D eigenvalue weighted by Gasteiger charge is 2.55. The van der Waals surface area contributed by atoms with Crippen LogP contribution in [0.5, 0.6) is 0 Å². The molecule has 0 fully saturated rings. The Morgan fingerprint density at radius 3 is 1.22 bits per heavy atom. The van der Waals surface area contributed by atoms with Gasteiger partial charge >= 0.3 is 8.80 Å². The van der Waals surface area contributed by atoms with Gasteiger partial charge < -0.3 is 30.2 Å². The van der Waals surface area contributed by atoms with Gasteiger partial charge in [0, 0.05) is 27.8 Å². The van der Waals surface area contributed by atoms with E-state index in [1.165, 1.54) is 96.3 Å². The van der Waals surface area contributed by atoms with E-state index in [4.69, 9.17) is 13.3 Å². The molecule has 0 aromatic heterocycles. The first-order valence-corrected chi connectivity index (χ1v) is 15.2. The maximum atomic E-state index is 5.88. The Bertz CT molecular complexity index is 387. The van der Waals surface area contributed by atoms with Crippen molar-refractivity contribution in [3.05, 3.63) is 0 Å². The summed E-state index contributed by atoms with van der Waals surface area (Å²) in [6, 6.07) is 0. The zero-order chi connectivity index (χ0) is 23.4. The molecule has 32 heavy (non-hydrogen) atoms. The summed E-state index contributed by atoms with van der Waals surface area (Å²) in [5.74, 6) is 0. The van der Waals surface area contributed by atoms with E-state index < -0.39 is 8.80 Å². The van der Waals surface area contributed by atoms with Crippen molar-refractivity contribution in [2.75, 3.05) is 42.0 Å². The molecule has 0 saturated heterocycles. The predicted octanol–water partition coefficient (Wildman–Crippen LogP) is 4.52. The fourth-order valence-electron chi connectivity index (χ4n) is 5.05. The standard InChI is InChI=1S/C26H58NO3Si.ClH/c1-8-10-11-12-13-14-15-16-17-18-19-20-21-22-23-24-26(27(3,4)25-9-2)31(28-5,29-6)30-7;/h26H,8-25H2,1-7H3;1H/q+1;/p-1. The summed E-state index contributed by atoms with van der Waals surface area (Å²) in [5.41, 5.74) is 0.300. The Hall–Kier alpha value is 0.347. The third-order valence-corrected chi connectivity index (χ3v) is 10.5. The maximum Gasteiger partial charge on any atom is 0.561 e. The first-order valence-electron chi connectivity index (χ1n) is 13.4. The van der Waals surface area contributed by atoms with E-state index in [0.717, 1.165) is 23.9 Å². The third-order valence-electron chi connectivity index (χ3n) is 6.99. The van der Waals surface area contributed by atoms with Crippen LogP contribution in [-0.2, 0) is 13.3 Å². The molecule has 0 aliphatic carbocycles. The molecule has 0 saturated carbocycles. The van der Waals surface area contributed by atoms with Crippen molar-refractivity contribution in [2.45, 2.75) is 129 Å². The fourth-order valence-corrected chi connectivity index (χ4v) is 7.91. The highest BCUT2D eigenvalue weighted by molar-refractivity contribution is 6.62. The van der Waals surface area contributed by atoms with Gasteiger partial charge in [0.15, 0.2) is 5.67 Å². The Kier molecular flexibility index (Phi) is 23.6. The molecule has 4 nitrogen and oxygen atoms in total. The quantitative estimate of drug-likeness (QED) is 0.118. The molecular weight excluding hydrogens is 438 g/mol. The van der Waals surface area contributed by atoms with Crippen LogP contribution in [-0.4, -0.2) is 60.9 Å². The number of hydrogen-bond acceptors (Lipinski definition) is 3. The second-order valence-electron chi connectivity index (χ2n) is 9.97. The van der Waals surface area contributed by atoms with Crippen molar-refractivity contribution in [2.24, 2.45) is 0 Å². The van der Waals surface area contributed by atoms with Gasteiger partial charge in [0.2, 0.25) is 0 Å². The molecule has 0 radical (unpaired) electrons. The molecule has 0 bridgehead atoms. The topological polar surface area (TPSA) is 27.7 Å². The minimum atomic E-state index is -2.65. The highest BCUT2D eigenvalue weighted by atomic mass is 35.5. The zero-order valence-corrected chi connectivity index (χ0v) is 24.6. The number of unbranched alkanes of at least 4 members (excludes halogenated alkanes) is 14. The van der Waals surface area contributed by atoms with Crippen LogP contribution in [0.15, 0.2) is 0 Å². The Morgan fingerprint density at radius 1 is 0.562 bits per heavy atom. The van der Waals surface area contributed by atoms with Gasteiger partial charge in [-0.15, -0.1) is 0 Å². The van der Waals surface area contributed by atoms with Crippen LogP contribution in [0.1, 0.15) is 123 Å². The highest BCUT2D eigenvalue weighted by Crippen LogP contribution is 2.27. The van der Waals surface area contributed by atoms with Crippen LogP contribution in [0.3, 0.4) is 0 Å². The van der Waals surface area contributed by atoms with Crippen molar-refractivity contribution in [3.63, 3.8) is 0 Å². The SMILES string of the molecule is CCCCCCCCCCCCCCCCCC([N+](C)(C)CCC)[Si](OC)(OC)OC.[Cl-]. The summed E-state index contributed by atoms with van der Waals surface area (Å²) in [4.78, 5) is 0. The summed E-state index contributed by atoms with van der Waals surface area (Å²) in [5, 5.41) is 0. The molecule has 0 aromatic carbocycles. The van der Waals surface area contributed by atoms with E-state index in [0.29, 0.717) is 5.67 Å². The molecule has 1 atom stereocenters. The average Bonchev–Trinajstić information content (AvgIpc) is 2.76. The van der Waals surface area contributed by atoms with Crippen LogP contribution in [0, 0.1) is 0 Å². The lowest BCUT2D eigenvalue weighted by atomic mass is 10.0. The van der Waals surface area contributed by atoms with Crippen LogP contribution >= 0.6 is 0 Å². The van der Waals surface area contributed by atoms with E-state index in [2.05, 4.69) is 27.9 Å². The number of nitrogens with zero attached hydrogens (tertiary/aromatic N) is 1. The Labute approximate surface area is 209 Å². The number of quaternary nitrogens is 1. The van der Waals surface area contributed by atoms with Gasteiger partial charge in [0.05, 0.1) is 20.6 Å². The number of rotatable bonds is 23. The molecule has 6 heteroatoms. The van der Waals surface area contributed by atoms with E-state index in [9.17, 15) is 0 Å². The molecule has 0 spiro atoms. The monoisotopic (exact) mass is 495 g/mol. The zero-order valence-electron chi connectivity index (χ0n) is 22.9. The van der Waals surface area contributed by atoms with Crippen molar-refractivity contribution < 1.29 is 30.2 Å². The van der Waals surface area contributed by atoms with Crippen LogP contribution in [0.4, 0.5) is 0 Å². The number of hydrogen-bond donors (Lipinski definition) is 0. The van der Waals surface area contributed by atoms with E-state index in [1.54, 1.807) is 21.3 Å². The second kappa shape index (κ2) is 21.9. The molecule has 196 valence electrons. The van der Waals surface area contributed by atoms with Gasteiger partial charge in [-0.05, 0) is 12.8 Å². The molecule has 0 aromatic rings. The normalized spacial score (nSPS) is 13.2. The lowest BCUT2D eigenvalue weighted by molar-refractivity contribution is -0.906. The van der Waals surface area contributed by atoms with Crippen molar-refractivity contribution in [1.82, 2.24) is 0 Å². The molecule has 0 aliphatic heterocycles. The van der Waals surface area contributed by atoms with Crippen LogP contribution in [0.25, 0.3) is 0 Å². The molecule has 0 rings (SSSR count). The smallest absolute Gasteiger partial charge is 0.561 e. The fraction of sp³-hybridized carbons (Fsp3) is 1.00. The van der Waals surface area contributed by atoms with Crippen LogP contribution < -0.4 is 12.4 Å². The summed E-state index contributed by atoms with van der Waals surface area (Å²) < 4.78 is 18.6. The summed E-state index contributed by atoms with van der Waals surface area (Å²) in [6.45, 7) is 5.66. The molecule has 0 amide bonds. The van der Waals surface area contributed by atoms with E-state index in [1.807, 2.05) is 0 Å². The lowest BCUT2D eigenvalue weighted by Crippen LogP contribution is -3.00. The minimum Gasteiger partial charge on any atom is -1.00 e. The van der Waals surface area contributed by atoms with Gasteiger partial charge in [-0.1, -0.05) is 104 Å². The Balaban J connectivity index is 0. The molecule has 1 unspecified atom stereocenters. The maximum absolute atomic E-state index is 5.88. The number of halogens is 1. The first-order chi connectivity index (χ1) is 14.9. The molecule has 0 aliphatic rings. The van der Waals surface area contributed by atoms with Gasteiger partial charge in [-0.25, -0.2) is 0 Å². The summed E-state index contributed by atoms with van der Waals surface area (Å²) in [6.07, 6.45) is 23.3. The third kappa shape index (κ3) is 14.6. The largest absolute Gasteiger partial charge is 1.00 e. The lowest BCUT2D eigenvalue weighted by Gasteiger charge is -2.43. The van der Waals surface area contributed by atoms with Crippen LogP contribution in [0.2, 0.25) is 0 Å². The van der Waals surface area contributed by atoms with Gasteiger partial charge in [-0.2, -0.15) is 0 Å². The molecule has 0 N–H and O–H groups in total. The molecular formula is C26H58ClNO3Si. The van der Waals surface area contributed by atoms with Gasteiger partial charge in [0.1, 0.15) is 0 Å². The van der Waals surface area contributed by atoms with Crippen molar-refractivity contribution in [3.8, 4) is 0 Å². The average molecular weight is 496 g/mol.